The number of nitrogens with one attached hydrogen (secondary N) is 1. The Morgan fingerprint density at radius 2 is 2.00 bits per heavy atom. The highest BCUT2D eigenvalue weighted by atomic mass is 32.1. The number of aromatic nitrogens is 1. The quantitative estimate of drug-likeness (QED) is 0.868. The van der Waals surface area contributed by atoms with Gasteiger partial charge in [0.1, 0.15) is 4.88 Å². The molecule has 0 aliphatic heterocycles. The molecule has 1 amide bonds. The lowest BCUT2D eigenvalue weighted by Gasteiger charge is -2.05. The predicted octanol–water partition coefficient (Wildman–Crippen LogP) is 2.93. The third kappa shape index (κ3) is 3.92. The number of carbonyl (C=O) groups is 2. The highest BCUT2D eigenvalue weighted by Crippen LogP contribution is 2.36. The van der Waals surface area contributed by atoms with Gasteiger partial charge in [-0.15, -0.1) is 0 Å². The number of hydrogen-bond donors (Lipinski definition) is 1. The van der Waals surface area contributed by atoms with Crippen LogP contribution in [0.5, 0.6) is 0 Å². The van der Waals surface area contributed by atoms with E-state index in [1.54, 1.807) is 13.8 Å². The van der Waals surface area contributed by atoms with Crippen molar-refractivity contribution in [1.29, 1.82) is 0 Å². The van der Waals surface area contributed by atoms with E-state index in [-0.39, 0.29) is 11.7 Å². The minimum Gasteiger partial charge on any atom is -0.462 e. The van der Waals surface area contributed by atoms with Crippen molar-refractivity contribution < 1.29 is 27.5 Å². The zero-order valence-corrected chi connectivity index (χ0v) is 11.8. The lowest BCUT2D eigenvalue weighted by molar-refractivity contribution is -0.141. The third-order valence-corrected chi connectivity index (χ3v) is 3.06. The Morgan fingerprint density at radius 3 is 2.45 bits per heavy atom. The van der Waals surface area contributed by atoms with Crippen molar-refractivity contribution in [2.24, 2.45) is 5.92 Å². The van der Waals surface area contributed by atoms with Crippen LogP contribution in [0.2, 0.25) is 0 Å². The average Bonchev–Trinajstić information content (AvgIpc) is 2.73. The molecule has 0 aliphatic carbocycles. The normalized spacial score (nSPS) is 11.6. The van der Waals surface area contributed by atoms with Gasteiger partial charge in [-0.3, -0.25) is 4.79 Å². The van der Waals surface area contributed by atoms with Crippen LogP contribution in [0.15, 0.2) is 0 Å². The van der Waals surface area contributed by atoms with Gasteiger partial charge in [-0.25, -0.2) is 9.78 Å². The second-order valence-electron chi connectivity index (χ2n) is 4.06. The summed E-state index contributed by atoms with van der Waals surface area (Å²) in [7, 11) is 0. The first-order valence-electron chi connectivity index (χ1n) is 5.72. The van der Waals surface area contributed by atoms with Crippen LogP contribution in [-0.4, -0.2) is 23.5 Å². The molecule has 0 saturated carbocycles. The van der Waals surface area contributed by atoms with Gasteiger partial charge in [0, 0.05) is 5.92 Å². The SMILES string of the molecule is CCOC(=O)c1sc(NC(=O)C(C)C)nc1C(F)(F)F. The van der Waals surface area contributed by atoms with E-state index < -0.39 is 34.5 Å². The maximum absolute atomic E-state index is 12.8. The molecule has 1 N–H and O–H groups in total. The molecule has 9 heteroatoms. The summed E-state index contributed by atoms with van der Waals surface area (Å²) in [6.07, 6.45) is -4.79. The molecule has 0 radical (unpaired) electrons. The highest BCUT2D eigenvalue weighted by Gasteiger charge is 2.40. The lowest BCUT2D eigenvalue weighted by atomic mass is 10.2. The van der Waals surface area contributed by atoms with E-state index in [0.717, 1.165) is 0 Å². The van der Waals surface area contributed by atoms with Crippen LogP contribution in [0.25, 0.3) is 0 Å². The summed E-state index contributed by atoms with van der Waals surface area (Å²) in [4.78, 5) is 25.5. The molecule has 1 heterocycles. The van der Waals surface area contributed by atoms with Gasteiger partial charge in [0.25, 0.3) is 0 Å². The number of esters is 1. The largest absolute Gasteiger partial charge is 0.462 e. The highest BCUT2D eigenvalue weighted by molar-refractivity contribution is 7.17. The fourth-order valence-electron chi connectivity index (χ4n) is 1.15. The summed E-state index contributed by atoms with van der Waals surface area (Å²) in [5.41, 5.74) is -1.35. The zero-order valence-electron chi connectivity index (χ0n) is 11.0. The number of amides is 1. The standard InChI is InChI=1S/C11H13F3N2O3S/c1-4-19-9(18)6-7(11(12,13)14)15-10(20-6)16-8(17)5(2)3/h5H,4H2,1-3H3,(H,15,16,17). The molecular weight excluding hydrogens is 297 g/mol. The number of thiazole rings is 1. The molecule has 0 fully saturated rings. The Hall–Kier alpha value is -1.64. The first-order valence-corrected chi connectivity index (χ1v) is 6.54. The molecule has 20 heavy (non-hydrogen) atoms. The maximum atomic E-state index is 12.8. The van der Waals surface area contributed by atoms with E-state index in [4.69, 9.17) is 0 Å². The van der Waals surface area contributed by atoms with Crippen molar-refractivity contribution in [3.8, 4) is 0 Å². The number of hydrogen-bond acceptors (Lipinski definition) is 5. The molecule has 0 spiro atoms. The molecule has 0 atom stereocenters. The van der Waals surface area contributed by atoms with Crippen LogP contribution >= 0.6 is 11.3 Å². The molecule has 0 aliphatic rings. The average molecular weight is 310 g/mol. The van der Waals surface area contributed by atoms with Gasteiger partial charge < -0.3 is 10.1 Å². The Balaban J connectivity index is 3.12. The molecule has 1 rings (SSSR count). The fraction of sp³-hybridized carbons (Fsp3) is 0.545. The number of halogens is 3. The van der Waals surface area contributed by atoms with E-state index >= 15 is 0 Å². The number of rotatable bonds is 4. The van der Waals surface area contributed by atoms with Gasteiger partial charge in [0.2, 0.25) is 5.91 Å². The number of alkyl halides is 3. The molecular formula is C11H13F3N2O3S. The van der Waals surface area contributed by atoms with Crippen molar-refractivity contribution in [1.82, 2.24) is 4.98 Å². The Labute approximate surface area is 117 Å². The molecule has 0 saturated heterocycles. The number of nitrogens with zero attached hydrogens (tertiary/aromatic N) is 1. The van der Waals surface area contributed by atoms with Crippen molar-refractivity contribution in [2.45, 2.75) is 26.9 Å². The second-order valence-corrected chi connectivity index (χ2v) is 5.06. The lowest BCUT2D eigenvalue weighted by Crippen LogP contribution is -2.18. The van der Waals surface area contributed by atoms with Crippen molar-refractivity contribution in [2.75, 3.05) is 11.9 Å². The van der Waals surface area contributed by atoms with Crippen LogP contribution in [-0.2, 0) is 15.7 Å². The minimum absolute atomic E-state index is 0.0539. The van der Waals surface area contributed by atoms with E-state index in [1.807, 2.05) is 0 Å². The summed E-state index contributed by atoms with van der Waals surface area (Å²) in [5.74, 6) is -2.01. The van der Waals surface area contributed by atoms with E-state index in [0.29, 0.717) is 11.3 Å². The summed E-state index contributed by atoms with van der Waals surface area (Å²) in [5, 5.41) is 1.95. The van der Waals surface area contributed by atoms with Crippen LogP contribution in [0, 0.1) is 5.92 Å². The van der Waals surface area contributed by atoms with Crippen LogP contribution in [0.1, 0.15) is 36.1 Å². The monoisotopic (exact) mass is 310 g/mol. The molecule has 0 aromatic carbocycles. The van der Waals surface area contributed by atoms with Gasteiger partial charge in [0.15, 0.2) is 10.8 Å². The Bertz CT molecular complexity index is 512. The van der Waals surface area contributed by atoms with Crippen molar-refractivity contribution >= 4 is 28.3 Å². The van der Waals surface area contributed by atoms with E-state index in [1.165, 1.54) is 6.92 Å². The first-order chi connectivity index (χ1) is 9.16. The number of anilines is 1. The zero-order chi connectivity index (χ0) is 15.5. The fourth-order valence-corrected chi connectivity index (χ4v) is 2.03. The van der Waals surface area contributed by atoms with E-state index in [9.17, 15) is 22.8 Å². The topological polar surface area (TPSA) is 68.3 Å². The summed E-state index contributed by atoms with van der Waals surface area (Å²) >= 11 is 0.443. The number of ether oxygens (including phenoxy) is 1. The van der Waals surface area contributed by atoms with Crippen molar-refractivity contribution in [3.63, 3.8) is 0 Å². The summed E-state index contributed by atoms with van der Waals surface area (Å²) < 4.78 is 42.9. The van der Waals surface area contributed by atoms with Crippen LogP contribution < -0.4 is 5.32 Å². The molecule has 0 unspecified atom stereocenters. The first kappa shape index (κ1) is 16.4. The van der Waals surface area contributed by atoms with Crippen LogP contribution in [0.3, 0.4) is 0 Å². The second kappa shape index (κ2) is 6.21. The van der Waals surface area contributed by atoms with Gasteiger partial charge in [-0.1, -0.05) is 25.2 Å². The molecule has 1 aromatic heterocycles. The van der Waals surface area contributed by atoms with Gasteiger partial charge in [-0.05, 0) is 6.92 Å². The molecule has 0 bridgehead atoms. The summed E-state index contributed by atoms with van der Waals surface area (Å²) in [6.45, 7) is 4.59. The van der Waals surface area contributed by atoms with Crippen molar-refractivity contribution in [3.05, 3.63) is 10.6 Å². The molecule has 1 aromatic rings. The van der Waals surface area contributed by atoms with Crippen LogP contribution in [0.4, 0.5) is 18.3 Å². The molecule has 5 nitrogen and oxygen atoms in total. The Morgan fingerprint density at radius 1 is 1.40 bits per heavy atom. The molecule has 112 valence electrons. The third-order valence-electron chi connectivity index (χ3n) is 2.11. The summed E-state index contributed by atoms with van der Waals surface area (Å²) in [6, 6.07) is 0. The Kier molecular flexibility index (Phi) is 5.09. The number of carbonyl (C=O) groups excluding carboxylic acids is 2. The van der Waals surface area contributed by atoms with E-state index in [2.05, 4.69) is 15.0 Å². The van der Waals surface area contributed by atoms with Gasteiger partial charge in [0.05, 0.1) is 6.61 Å². The van der Waals surface area contributed by atoms with Gasteiger partial charge >= 0.3 is 12.1 Å². The van der Waals surface area contributed by atoms with Gasteiger partial charge in [-0.2, -0.15) is 13.2 Å². The predicted molar refractivity (Wildman–Crippen MR) is 66.5 cm³/mol. The smallest absolute Gasteiger partial charge is 0.435 e. The maximum Gasteiger partial charge on any atom is 0.435 e. The minimum atomic E-state index is -4.79.